The van der Waals surface area contributed by atoms with E-state index in [0.29, 0.717) is 6.42 Å². The molecule has 1 atom stereocenters. The van der Waals surface area contributed by atoms with E-state index in [4.69, 9.17) is 4.74 Å². The van der Waals surface area contributed by atoms with Crippen LogP contribution in [0.5, 0.6) is 0 Å². The average Bonchev–Trinajstić information content (AvgIpc) is 2.73. The number of amides is 1. The maximum Gasteiger partial charge on any atom is 0.220 e. The number of aliphatic hydroxyl groups excluding tert-OH is 1. The molecule has 1 aromatic rings. The molecule has 1 rings (SSSR count). The van der Waals surface area contributed by atoms with Crippen LogP contribution < -0.4 is 5.32 Å². The van der Waals surface area contributed by atoms with E-state index in [9.17, 15) is 9.90 Å². The molecule has 0 aromatic carbocycles. The van der Waals surface area contributed by atoms with Crippen molar-refractivity contribution in [1.29, 1.82) is 0 Å². The molecule has 102 valence electrons. The number of halogens is 1. The molecule has 1 unspecified atom stereocenters. The third-order valence-corrected chi connectivity index (χ3v) is 4.03. The minimum absolute atomic E-state index is 0.0271. The van der Waals surface area contributed by atoms with Gasteiger partial charge in [-0.1, -0.05) is 0 Å². The highest BCUT2D eigenvalue weighted by Crippen LogP contribution is 2.23. The topological polar surface area (TPSA) is 58.6 Å². The number of hydrogen-bond acceptors (Lipinski definition) is 4. The van der Waals surface area contributed by atoms with E-state index in [2.05, 4.69) is 27.3 Å². The van der Waals surface area contributed by atoms with Gasteiger partial charge < -0.3 is 15.2 Å². The Hall–Kier alpha value is -0.430. The highest BCUT2D eigenvalue weighted by atomic mass is 79.9. The Balaban J connectivity index is 2.10. The van der Waals surface area contributed by atoms with Crippen molar-refractivity contribution in [2.45, 2.75) is 25.4 Å². The molecule has 0 spiro atoms. The van der Waals surface area contributed by atoms with Crippen LogP contribution in [-0.2, 0) is 16.0 Å². The molecule has 0 saturated carbocycles. The SMILES string of the molecule is COCC(O)CNC(=O)CCCc1ccc(Br)s1. The summed E-state index contributed by atoms with van der Waals surface area (Å²) in [5.74, 6) is -0.0271. The van der Waals surface area contributed by atoms with Gasteiger partial charge in [-0.05, 0) is 40.9 Å². The van der Waals surface area contributed by atoms with E-state index in [1.54, 1.807) is 11.3 Å². The summed E-state index contributed by atoms with van der Waals surface area (Å²) >= 11 is 5.10. The van der Waals surface area contributed by atoms with Gasteiger partial charge in [-0.25, -0.2) is 0 Å². The fraction of sp³-hybridized carbons (Fsp3) is 0.583. The van der Waals surface area contributed by atoms with Gasteiger partial charge in [0.25, 0.3) is 0 Å². The van der Waals surface area contributed by atoms with Crippen molar-refractivity contribution in [2.24, 2.45) is 0 Å². The number of carbonyl (C=O) groups excluding carboxylic acids is 1. The number of nitrogens with one attached hydrogen (secondary N) is 1. The van der Waals surface area contributed by atoms with E-state index >= 15 is 0 Å². The van der Waals surface area contributed by atoms with Crippen molar-refractivity contribution >= 4 is 33.2 Å². The Morgan fingerprint density at radius 2 is 2.39 bits per heavy atom. The Kier molecular flexibility index (Phi) is 7.50. The normalized spacial score (nSPS) is 12.4. The molecule has 0 aliphatic rings. The molecule has 0 radical (unpaired) electrons. The van der Waals surface area contributed by atoms with Gasteiger partial charge in [-0.3, -0.25) is 4.79 Å². The molecular formula is C12H18BrNO3S. The summed E-state index contributed by atoms with van der Waals surface area (Å²) in [5, 5.41) is 12.0. The summed E-state index contributed by atoms with van der Waals surface area (Å²) in [7, 11) is 1.52. The van der Waals surface area contributed by atoms with Crippen molar-refractivity contribution in [3.63, 3.8) is 0 Å². The van der Waals surface area contributed by atoms with E-state index in [-0.39, 0.29) is 19.1 Å². The standard InChI is InChI=1S/C12H18BrNO3S/c1-17-8-9(15)7-14-12(16)4-2-3-10-5-6-11(13)18-10/h5-6,9,15H,2-4,7-8H2,1H3,(H,14,16). The Labute approximate surface area is 119 Å². The van der Waals surface area contributed by atoms with Crippen molar-refractivity contribution < 1.29 is 14.6 Å². The van der Waals surface area contributed by atoms with Gasteiger partial charge in [0.15, 0.2) is 0 Å². The van der Waals surface area contributed by atoms with Gasteiger partial charge >= 0.3 is 0 Å². The molecule has 2 N–H and O–H groups in total. The number of ether oxygens (including phenoxy) is 1. The highest BCUT2D eigenvalue weighted by molar-refractivity contribution is 9.11. The summed E-state index contributed by atoms with van der Waals surface area (Å²) in [6.45, 7) is 0.487. The number of carbonyl (C=O) groups is 1. The molecule has 0 fully saturated rings. The van der Waals surface area contributed by atoms with Gasteiger partial charge in [0.2, 0.25) is 5.91 Å². The lowest BCUT2D eigenvalue weighted by molar-refractivity contribution is -0.121. The Bertz CT molecular complexity index is 370. The monoisotopic (exact) mass is 335 g/mol. The van der Waals surface area contributed by atoms with E-state index in [1.165, 1.54) is 12.0 Å². The zero-order chi connectivity index (χ0) is 13.4. The van der Waals surface area contributed by atoms with Gasteiger partial charge in [0.05, 0.1) is 16.5 Å². The molecule has 1 amide bonds. The lowest BCUT2D eigenvalue weighted by Crippen LogP contribution is -2.34. The van der Waals surface area contributed by atoms with Crippen LogP contribution in [0.3, 0.4) is 0 Å². The molecule has 1 aromatic heterocycles. The predicted molar refractivity (Wildman–Crippen MR) is 75.8 cm³/mol. The van der Waals surface area contributed by atoms with Crippen LogP contribution in [-0.4, -0.2) is 37.4 Å². The second-order valence-corrected chi connectivity index (χ2v) is 6.52. The van der Waals surface area contributed by atoms with Crippen molar-refractivity contribution in [1.82, 2.24) is 5.32 Å². The number of rotatable bonds is 8. The van der Waals surface area contributed by atoms with Gasteiger partial charge in [0, 0.05) is 25.0 Å². The lowest BCUT2D eigenvalue weighted by atomic mass is 10.2. The first-order chi connectivity index (χ1) is 8.61. The minimum Gasteiger partial charge on any atom is -0.389 e. The molecule has 0 aliphatic carbocycles. The predicted octanol–water partition coefficient (Wildman–Crippen LogP) is 1.96. The number of thiophene rings is 1. The van der Waals surface area contributed by atoms with Crippen LogP contribution in [0.25, 0.3) is 0 Å². The molecular weight excluding hydrogens is 318 g/mol. The number of methoxy groups -OCH3 is 1. The Morgan fingerprint density at radius 3 is 3.00 bits per heavy atom. The Morgan fingerprint density at radius 1 is 1.61 bits per heavy atom. The van der Waals surface area contributed by atoms with Crippen molar-refractivity contribution in [3.8, 4) is 0 Å². The largest absolute Gasteiger partial charge is 0.389 e. The summed E-state index contributed by atoms with van der Waals surface area (Å²) < 4.78 is 5.89. The van der Waals surface area contributed by atoms with E-state index in [0.717, 1.165) is 16.6 Å². The molecule has 18 heavy (non-hydrogen) atoms. The van der Waals surface area contributed by atoms with Crippen LogP contribution in [0, 0.1) is 0 Å². The maximum absolute atomic E-state index is 11.5. The lowest BCUT2D eigenvalue weighted by Gasteiger charge is -2.10. The van der Waals surface area contributed by atoms with E-state index in [1.807, 2.05) is 6.07 Å². The van der Waals surface area contributed by atoms with Gasteiger partial charge in [-0.15, -0.1) is 11.3 Å². The maximum atomic E-state index is 11.5. The van der Waals surface area contributed by atoms with Gasteiger partial charge in [0.1, 0.15) is 0 Å². The average molecular weight is 336 g/mol. The van der Waals surface area contributed by atoms with Crippen LogP contribution in [0.1, 0.15) is 17.7 Å². The molecule has 0 aliphatic heterocycles. The van der Waals surface area contributed by atoms with Crippen molar-refractivity contribution in [2.75, 3.05) is 20.3 Å². The van der Waals surface area contributed by atoms with Crippen LogP contribution in [0.2, 0.25) is 0 Å². The molecule has 0 bridgehead atoms. The fourth-order valence-corrected chi connectivity index (χ4v) is 3.01. The molecule has 4 nitrogen and oxygen atoms in total. The van der Waals surface area contributed by atoms with Crippen molar-refractivity contribution in [3.05, 3.63) is 20.8 Å². The minimum atomic E-state index is -0.632. The second kappa shape index (κ2) is 8.63. The van der Waals surface area contributed by atoms with Crippen LogP contribution in [0.4, 0.5) is 0 Å². The molecule has 1 heterocycles. The number of aliphatic hydroxyl groups is 1. The first-order valence-corrected chi connectivity index (χ1v) is 7.40. The second-order valence-electron chi connectivity index (χ2n) is 3.97. The fourth-order valence-electron chi connectivity index (χ4n) is 1.48. The number of aryl methyl sites for hydroxylation is 1. The quantitative estimate of drug-likeness (QED) is 0.763. The summed E-state index contributed by atoms with van der Waals surface area (Å²) in [6.07, 6.45) is 1.57. The van der Waals surface area contributed by atoms with E-state index < -0.39 is 6.10 Å². The summed E-state index contributed by atoms with van der Waals surface area (Å²) in [6, 6.07) is 4.08. The summed E-state index contributed by atoms with van der Waals surface area (Å²) in [5.41, 5.74) is 0. The third-order valence-electron chi connectivity index (χ3n) is 2.35. The molecule has 0 saturated heterocycles. The first kappa shape index (κ1) is 15.6. The van der Waals surface area contributed by atoms with Crippen LogP contribution in [0.15, 0.2) is 15.9 Å². The number of hydrogen-bond donors (Lipinski definition) is 2. The zero-order valence-corrected chi connectivity index (χ0v) is 12.7. The first-order valence-electron chi connectivity index (χ1n) is 5.79. The molecule has 6 heteroatoms. The third kappa shape index (κ3) is 6.49. The summed E-state index contributed by atoms with van der Waals surface area (Å²) in [4.78, 5) is 12.8. The highest BCUT2D eigenvalue weighted by Gasteiger charge is 2.07. The smallest absolute Gasteiger partial charge is 0.220 e. The van der Waals surface area contributed by atoms with Gasteiger partial charge in [-0.2, -0.15) is 0 Å². The van der Waals surface area contributed by atoms with Crippen LogP contribution >= 0.6 is 27.3 Å². The zero-order valence-electron chi connectivity index (χ0n) is 10.3.